The summed E-state index contributed by atoms with van der Waals surface area (Å²) in [5.74, 6) is -2.65. The summed E-state index contributed by atoms with van der Waals surface area (Å²) in [6.07, 6.45) is 4.05. The standard InChI is InChI=1S/C23H25ClFN7O/c24-19-4-2-1-3-16(19)15-32-11-7-23(6-9-26,8-12-32)30-14-18(22(28)33)21(27)31-17-5-10-29-20(25)13-17/h1-5,10,13-14,18H,6-8,11-12,15H2,(H2,28,33)(H2,27,29,31). The van der Waals surface area contributed by atoms with Gasteiger partial charge in [-0.2, -0.15) is 9.65 Å². The third-order valence-electron chi connectivity index (χ3n) is 5.64. The summed E-state index contributed by atoms with van der Waals surface area (Å²) >= 11 is 6.28. The Morgan fingerprint density at radius 2 is 2.06 bits per heavy atom. The largest absolute Gasteiger partial charge is 0.386 e. The van der Waals surface area contributed by atoms with E-state index >= 15 is 0 Å². The van der Waals surface area contributed by atoms with E-state index in [0.29, 0.717) is 32.5 Å². The molecule has 4 N–H and O–H groups in total. The zero-order valence-corrected chi connectivity index (χ0v) is 18.7. The van der Waals surface area contributed by atoms with Crippen LogP contribution in [0.5, 0.6) is 0 Å². The second-order valence-electron chi connectivity index (χ2n) is 7.96. The normalized spacial score (nSPS) is 17.5. The van der Waals surface area contributed by atoms with Crippen LogP contribution in [0.25, 0.3) is 0 Å². The molecule has 0 bridgehead atoms. The third-order valence-corrected chi connectivity index (χ3v) is 6.01. The highest BCUT2D eigenvalue weighted by Gasteiger charge is 2.34. The van der Waals surface area contributed by atoms with Crippen molar-refractivity contribution in [2.75, 3.05) is 13.1 Å². The van der Waals surface area contributed by atoms with E-state index < -0.39 is 23.3 Å². The summed E-state index contributed by atoms with van der Waals surface area (Å²) in [7, 11) is 0. The van der Waals surface area contributed by atoms with Crippen LogP contribution in [-0.4, -0.2) is 46.5 Å². The zero-order valence-electron chi connectivity index (χ0n) is 18.0. The molecule has 1 aliphatic heterocycles. The second kappa shape index (κ2) is 11.0. The van der Waals surface area contributed by atoms with Gasteiger partial charge >= 0.3 is 0 Å². The van der Waals surface area contributed by atoms with Gasteiger partial charge in [0.25, 0.3) is 0 Å². The van der Waals surface area contributed by atoms with Crippen molar-refractivity contribution in [1.82, 2.24) is 9.88 Å². The van der Waals surface area contributed by atoms with Crippen molar-refractivity contribution in [2.24, 2.45) is 27.4 Å². The number of benzene rings is 1. The minimum atomic E-state index is -1.09. The quantitative estimate of drug-likeness (QED) is 0.348. The van der Waals surface area contributed by atoms with Crippen LogP contribution in [0.3, 0.4) is 0 Å². The van der Waals surface area contributed by atoms with Crippen LogP contribution in [-0.2, 0) is 11.3 Å². The molecule has 10 heteroatoms. The lowest BCUT2D eigenvalue weighted by atomic mass is 9.85. The van der Waals surface area contributed by atoms with Crippen molar-refractivity contribution in [3.05, 3.63) is 59.1 Å². The van der Waals surface area contributed by atoms with Crippen molar-refractivity contribution in [1.29, 1.82) is 5.26 Å². The molecule has 1 atom stereocenters. The van der Waals surface area contributed by atoms with E-state index in [0.717, 1.165) is 16.7 Å². The summed E-state index contributed by atoms with van der Waals surface area (Å²) in [4.78, 5) is 26.4. The molecule has 0 saturated carbocycles. The second-order valence-corrected chi connectivity index (χ2v) is 8.37. The van der Waals surface area contributed by atoms with Gasteiger partial charge in [-0.3, -0.25) is 14.7 Å². The number of rotatable bonds is 8. The fourth-order valence-corrected chi connectivity index (χ4v) is 3.90. The molecular weight excluding hydrogens is 445 g/mol. The maximum atomic E-state index is 13.3. The third kappa shape index (κ3) is 6.57. The van der Waals surface area contributed by atoms with Crippen LogP contribution in [0.15, 0.2) is 52.6 Å². The molecule has 0 spiro atoms. The molecule has 8 nitrogen and oxygen atoms in total. The number of hydrogen-bond acceptors (Lipinski definition) is 6. The van der Waals surface area contributed by atoms with Crippen molar-refractivity contribution < 1.29 is 9.18 Å². The Labute approximate surface area is 196 Å². The molecule has 1 amide bonds. The van der Waals surface area contributed by atoms with Gasteiger partial charge in [0, 0.05) is 43.1 Å². The predicted octanol–water partition coefficient (Wildman–Crippen LogP) is 2.98. The molecule has 1 saturated heterocycles. The molecule has 1 unspecified atom stereocenters. The van der Waals surface area contributed by atoms with Crippen molar-refractivity contribution >= 4 is 35.2 Å². The van der Waals surface area contributed by atoms with Crippen molar-refractivity contribution in [3.63, 3.8) is 0 Å². The van der Waals surface area contributed by atoms with E-state index in [1.165, 1.54) is 18.5 Å². The Kier molecular flexibility index (Phi) is 8.09. The van der Waals surface area contributed by atoms with E-state index in [4.69, 9.17) is 23.1 Å². The lowest BCUT2D eigenvalue weighted by Crippen LogP contribution is -2.44. The predicted molar refractivity (Wildman–Crippen MR) is 126 cm³/mol. The van der Waals surface area contributed by atoms with Gasteiger partial charge in [-0.15, -0.1) is 0 Å². The van der Waals surface area contributed by atoms with Gasteiger partial charge in [0.2, 0.25) is 11.9 Å². The van der Waals surface area contributed by atoms with Crippen LogP contribution in [0.1, 0.15) is 24.8 Å². The summed E-state index contributed by atoms with van der Waals surface area (Å²) in [6, 6.07) is 12.4. The van der Waals surface area contributed by atoms with Gasteiger partial charge in [0.05, 0.1) is 23.7 Å². The molecule has 172 valence electrons. The van der Waals surface area contributed by atoms with Crippen LogP contribution in [0.2, 0.25) is 5.02 Å². The number of carbonyl (C=O) groups is 1. The summed E-state index contributed by atoms with van der Waals surface area (Å²) in [5, 5.41) is 10.1. The lowest BCUT2D eigenvalue weighted by molar-refractivity contribution is -0.118. The maximum Gasteiger partial charge on any atom is 0.233 e. The fraction of sp³-hybridized carbons (Fsp3) is 0.348. The highest BCUT2D eigenvalue weighted by molar-refractivity contribution is 6.31. The first kappa shape index (κ1) is 24.3. The van der Waals surface area contributed by atoms with Crippen molar-refractivity contribution in [2.45, 2.75) is 31.3 Å². The van der Waals surface area contributed by atoms with Gasteiger partial charge in [-0.1, -0.05) is 29.8 Å². The zero-order chi connectivity index (χ0) is 23.8. The number of amidine groups is 1. The van der Waals surface area contributed by atoms with Crippen LogP contribution >= 0.6 is 11.6 Å². The van der Waals surface area contributed by atoms with Crippen LogP contribution in [0.4, 0.5) is 10.1 Å². The number of amides is 1. The Hall–Kier alpha value is -3.35. The topological polar surface area (TPSA) is 134 Å². The van der Waals surface area contributed by atoms with E-state index in [-0.39, 0.29) is 17.9 Å². The maximum absolute atomic E-state index is 13.3. The molecule has 0 aliphatic carbocycles. The molecule has 0 radical (unpaired) electrons. The average Bonchev–Trinajstić information content (AvgIpc) is 2.77. The smallest absolute Gasteiger partial charge is 0.233 e. The molecule has 2 heterocycles. The average molecular weight is 470 g/mol. The monoisotopic (exact) mass is 469 g/mol. The van der Waals surface area contributed by atoms with E-state index in [2.05, 4.69) is 25.9 Å². The number of primary amides is 1. The first-order valence-corrected chi connectivity index (χ1v) is 10.8. The Morgan fingerprint density at radius 1 is 1.33 bits per heavy atom. The summed E-state index contributed by atoms with van der Waals surface area (Å²) < 4.78 is 13.3. The molecular formula is C23H25ClFN7O. The first-order chi connectivity index (χ1) is 15.8. The molecule has 1 aromatic carbocycles. The Bertz CT molecular complexity index is 1090. The molecule has 3 rings (SSSR count). The number of hydrogen-bond donors (Lipinski definition) is 2. The minimum Gasteiger partial charge on any atom is -0.386 e. The van der Waals surface area contributed by atoms with Gasteiger partial charge in [-0.25, -0.2) is 9.98 Å². The number of aliphatic imine (C=N–C) groups is 2. The Morgan fingerprint density at radius 3 is 2.70 bits per heavy atom. The van der Waals surface area contributed by atoms with Gasteiger partial charge in [-0.05, 0) is 30.5 Å². The summed E-state index contributed by atoms with van der Waals surface area (Å²) in [6.45, 7) is 2.13. The highest BCUT2D eigenvalue weighted by Crippen LogP contribution is 2.31. The number of nitrogens with zero attached hydrogens (tertiary/aromatic N) is 5. The van der Waals surface area contributed by atoms with Crippen LogP contribution in [0, 0.1) is 23.2 Å². The molecule has 1 aliphatic rings. The van der Waals surface area contributed by atoms with Crippen molar-refractivity contribution in [3.8, 4) is 6.07 Å². The van der Waals surface area contributed by atoms with E-state index in [1.807, 2.05) is 24.3 Å². The summed E-state index contributed by atoms with van der Waals surface area (Å²) in [5.41, 5.74) is 12.1. The number of pyridine rings is 1. The molecule has 1 aromatic heterocycles. The SMILES string of the molecule is N#CCC1(N=CC(C(N)=O)C(N)=Nc2ccnc(F)c2)CCN(Cc2ccccc2Cl)CC1. The number of nitriles is 1. The number of aromatic nitrogens is 1. The van der Waals surface area contributed by atoms with Gasteiger partial charge < -0.3 is 11.5 Å². The van der Waals surface area contributed by atoms with E-state index in [1.54, 1.807) is 0 Å². The fourth-order valence-electron chi connectivity index (χ4n) is 3.70. The number of piperidine rings is 1. The van der Waals surface area contributed by atoms with Gasteiger partial charge in [0.15, 0.2) is 0 Å². The number of nitrogens with two attached hydrogens (primary N) is 2. The molecule has 33 heavy (non-hydrogen) atoms. The number of likely N-dealkylation sites (tertiary alicyclic amines) is 1. The Balaban J connectivity index is 1.73. The number of carbonyl (C=O) groups excluding carboxylic acids is 1. The van der Waals surface area contributed by atoms with E-state index in [9.17, 15) is 14.4 Å². The molecule has 2 aromatic rings. The number of halogens is 2. The van der Waals surface area contributed by atoms with Gasteiger partial charge in [0.1, 0.15) is 11.8 Å². The highest BCUT2D eigenvalue weighted by atomic mass is 35.5. The molecule has 1 fully saturated rings. The van der Waals surface area contributed by atoms with Crippen LogP contribution < -0.4 is 11.5 Å². The first-order valence-electron chi connectivity index (χ1n) is 10.4. The lowest BCUT2D eigenvalue weighted by Gasteiger charge is -2.38. The minimum absolute atomic E-state index is 0.111.